The molecule has 0 saturated carbocycles. The molecule has 0 saturated heterocycles. The number of alkyl halides is 1. The van der Waals surface area contributed by atoms with Crippen LogP contribution in [0, 0.1) is 6.92 Å². The fraction of sp³-hybridized carbons (Fsp3) is 0.250. The molecule has 0 aromatic carbocycles. The lowest BCUT2D eigenvalue weighted by atomic mass is 10.1. The van der Waals surface area contributed by atoms with E-state index < -0.39 is 6.67 Å². The van der Waals surface area contributed by atoms with Crippen LogP contribution < -0.4 is 0 Å². The average Bonchev–Trinajstić information content (AvgIpc) is 2.09. The minimum Gasteiger partial charge on any atom is -0.505 e. The second-order valence-corrected chi connectivity index (χ2v) is 2.38. The Morgan fingerprint density at radius 1 is 1.75 bits per heavy atom. The first-order valence-corrected chi connectivity index (χ1v) is 3.39. The predicted molar refractivity (Wildman–Crippen MR) is 40.8 cm³/mol. The highest BCUT2D eigenvalue weighted by molar-refractivity contribution is 5.81. The van der Waals surface area contributed by atoms with E-state index in [9.17, 15) is 14.3 Å². The van der Waals surface area contributed by atoms with Crippen molar-refractivity contribution in [3.8, 4) is 5.75 Å². The molecule has 0 radical (unpaired) electrons. The Balaban J connectivity index is 3.35. The van der Waals surface area contributed by atoms with Crippen molar-refractivity contribution in [2.24, 2.45) is 0 Å². The number of pyridine rings is 1. The number of aryl methyl sites for hydroxylation is 1. The van der Waals surface area contributed by atoms with Gasteiger partial charge in [-0.25, -0.2) is 4.39 Å². The summed E-state index contributed by atoms with van der Waals surface area (Å²) in [6.07, 6.45) is 1.68. The molecule has 1 aromatic heterocycles. The highest BCUT2D eigenvalue weighted by Crippen LogP contribution is 2.21. The van der Waals surface area contributed by atoms with Crippen LogP contribution in [0.2, 0.25) is 0 Å². The summed E-state index contributed by atoms with van der Waals surface area (Å²) in [5.41, 5.74) is 0.437. The van der Waals surface area contributed by atoms with Crippen molar-refractivity contribution in [2.45, 2.75) is 13.6 Å². The number of carbonyl (C=O) groups is 1. The van der Waals surface area contributed by atoms with Crippen molar-refractivity contribution < 1.29 is 14.3 Å². The largest absolute Gasteiger partial charge is 0.505 e. The lowest BCUT2D eigenvalue weighted by Gasteiger charge is -2.03. The van der Waals surface area contributed by atoms with E-state index in [4.69, 9.17) is 0 Å². The molecule has 0 aliphatic rings. The molecular weight excluding hydrogens is 161 g/mol. The fourth-order valence-electron chi connectivity index (χ4n) is 0.890. The third kappa shape index (κ3) is 1.28. The van der Waals surface area contributed by atoms with E-state index in [1.54, 1.807) is 6.92 Å². The molecule has 0 fully saturated rings. The van der Waals surface area contributed by atoms with Crippen LogP contribution in [0.1, 0.15) is 21.6 Å². The third-order valence-corrected chi connectivity index (χ3v) is 1.62. The summed E-state index contributed by atoms with van der Waals surface area (Å²) in [5.74, 6) is -0.236. The summed E-state index contributed by atoms with van der Waals surface area (Å²) in [6, 6.07) is 0. The van der Waals surface area contributed by atoms with Crippen molar-refractivity contribution in [2.75, 3.05) is 0 Å². The Morgan fingerprint density at radius 2 is 2.42 bits per heavy atom. The van der Waals surface area contributed by atoms with Gasteiger partial charge >= 0.3 is 0 Å². The van der Waals surface area contributed by atoms with Crippen molar-refractivity contribution in [3.63, 3.8) is 0 Å². The fourth-order valence-corrected chi connectivity index (χ4v) is 0.890. The van der Waals surface area contributed by atoms with Crippen LogP contribution in [0.5, 0.6) is 5.75 Å². The molecule has 0 atom stereocenters. The van der Waals surface area contributed by atoms with Crippen LogP contribution in [0.25, 0.3) is 0 Å². The molecule has 0 aliphatic heterocycles. The number of aldehydes is 1. The number of hydrogen-bond donors (Lipinski definition) is 1. The van der Waals surface area contributed by atoms with Crippen LogP contribution in [-0.4, -0.2) is 16.4 Å². The molecule has 4 heteroatoms. The minimum absolute atomic E-state index is 0.00926. The van der Waals surface area contributed by atoms with Gasteiger partial charge in [-0.05, 0) is 6.92 Å². The van der Waals surface area contributed by atoms with E-state index in [2.05, 4.69) is 4.98 Å². The molecule has 0 amide bonds. The van der Waals surface area contributed by atoms with Gasteiger partial charge in [-0.15, -0.1) is 0 Å². The highest BCUT2D eigenvalue weighted by Gasteiger charge is 2.09. The minimum atomic E-state index is -0.797. The highest BCUT2D eigenvalue weighted by atomic mass is 19.1. The molecule has 0 unspecified atom stereocenters. The molecule has 0 spiro atoms. The van der Waals surface area contributed by atoms with Gasteiger partial charge in [-0.1, -0.05) is 0 Å². The van der Waals surface area contributed by atoms with Gasteiger partial charge in [0.05, 0.1) is 11.3 Å². The summed E-state index contributed by atoms with van der Waals surface area (Å²) in [6.45, 7) is 0.749. The number of rotatable bonds is 2. The van der Waals surface area contributed by atoms with E-state index in [1.807, 2.05) is 0 Å². The Bertz CT molecular complexity index is 312. The topological polar surface area (TPSA) is 50.2 Å². The Hall–Kier alpha value is -1.45. The molecule has 0 bridgehead atoms. The lowest BCUT2D eigenvalue weighted by Crippen LogP contribution is -1.95. The summed E-state index contributed by atoms with van der Waals surface area (Å²) in [5, 5.41) is 9.25. The van der Waals surface area contributed by atoms with Gasteiger partial charge in [0.15, 0.2) is 6.29 Å². The molecule has 1 N–H and O–H groups in total. The van der Waals surface area contributed by atoms with Gasteiger partial charge in [0.2, 0.25) is 0 Å². The first-order valence-electron chi connectivity index (χ1n) is 3.39. The van der Waals surface area contributed by atoms with Gasteiger partial charge in [-0.3, -0.25) is 9.78 Å². The number of aromatic nitrogens is 1. The zero-order valence-corrected chi connectivity index (χ0v) is 6.54. The maximum absolute atomic E-state index is 12.2. The van der Waals surface area contributed by atoms with Gasteiger partial charge < -0.3 is 5.11 Å². The normalized spacial score (nSPS) is 9.83. The van der Waals surface area contributed by atoms with Crippen molar-refractivity contribution in [1.29, 1.82) is 0 Å². The van der Waals surface area contributed by atoms with Gasteiger partial charge in [-0.2, -0.15) is 0 Å². The van der Waals surface area contributed by atoms with Crippen LogP contribution in [0.15, 0.2) is 6.20 Å². The SMILES string of the molecule is Cc1ncc(CF)c(C=O)c1O. The second kappa shape index (κ2) is 3.30. The van der Waals surface area contributed by atoms with E-state index in [-0.39, 0.29) is 16.9 Å². The smallest absolute Gasteiger partial charge is 0.154 e. The van der Waals surface area contributed by atoms with Crippen LogP contribution in [0.3, 0.4) is 0 Å². The molecule has 1 aromatic rings. The first-order chi connectivity index (χ1) is 5.70. The van der Waals surface area contributed by atoms with Crippen molar-refractivity contribution in [3.05, 3.63) is 23.0 Å². The molecule has 64 valence electrons. The number of nitrogens with zero attached hydrogens (tertiary/aromatic N) is 1. The lowest BCUT2D eigenvalue weighted by molar-refractivity contribution is 0.111. The molecule has 0 aliphatic carbocycles. The number of aromatic hydroxyl groups is 1. The molecule has 3 nitrogen and oxygen atoms in total. The Kier molecular flexibility index (Phi) is 2.38. The Morgan fingerprint density at radius 3 is 2.92 bits per heavy atom. The van der Waals surface area contributed by atoms with Gasteiger partial charge in [0.25, 0.3) is 0 Å². The van der Waals surface area contributed by atoms with Gasteiger partial charge in [0.1, 0.15) is 12.4 Å². The first kappa shape index (κ1) is 8.64. The summed E-state index contributed by atoms with van der Waals surface area (Å²) >= 11 is 0. The summed E-state index contributed by atoms with van der Waals surface area (Å²) < 4.78 is 12.2. The quantitative estimate of drug-likeness (QED) is 0.680. The molecule has 12 heavy (non-hydrogen) atoms. The van der Waals surface area contributed by atoms with Gasteiger partial charge in [0, 0.05) is 11.8 Å². The maximum atomic E-state index is 12.2. The average molecular weight is 169 g/mol. The maximum Gasteiger partial charge on any atom is 0.154 e. The molecule has 1 heterocycles. The number of halogens is 1. The number of hydrogen-bond acceptors (Lipinski definition) is 3. The van der Waals surface area contributed by atoms with Crippen LogP contribution in [0.4, 0.5) is 4.39 Å². The number of carbonyl (C=O) groups excluding carboxylic acids is 1. The van der Waals surface area contributed by atoms with Crippen molar-refractivity contribution in [1.82, 2.24) is 4.98 Å². The molecular formula is C8H8FNO2. The second-order valence-electron chi connectivity index (χ2n) is 2.38. The summed E-state index contributed by atoms with van der Waals surface area (Å²) in [4.78, 5) is 14.1. The summed E-state index contributed by atoms with van der Waals surface area (Å²) in [7, 11) is 0. The predicted octanol–water partition coefficient (Wildman–Crippen LogP) is 1.38. The van der Waals surface area contributed by atoms with Crippen molar-refractivity contribution >= 4 is 6.29 Å². The van der Waals surface area contributed by atoms with E-state index in [0.717, 1.165) is 0 Å². The van der Waals surface area contributed by atoms with E-state index >= 15 is 0 Å². The Labute approximate surface area is 68.9 Å². The standard InChI is InChI=1S/C8H8FNO2/c1-5-8(12)7(4-11)6(2-9)3-10-5/h3-4,12H,2H2,1H3. The zero-order valence-electron chi connectivity index (χ0n) is 6.54. The van der Waals surface area contributed by atoms with Crippen LogP contribution >= 0.6 is 0 Å². The van der Waals surface area contributed by atoms with Crippen LogP contribution in [-0.2, 0) is 6.67 Å². The third-order valence-electron chi connectivity index (χ3n) is 1.62. The zero-order chi connectivity index (χ0) is 9.14. The van der Waals surface area contributed by atoms with E-state index in [0.29, 0.717) is 12.0 Å². The van der Waals surface area contributed by atoms with E-state index in [1.165, 1.54) is 6.20 Å². The monoisotopic (exact) mass is 169 g/mol. The molecule has 1 rings (SSSR count).